The fourth-order valence-corrected chi connectivity index (χ4v) is 3.53. The summed E-state index contributed by atoms with van der Waals surface area (Å²) in [5.41, 5.74) is 0.799. The van der Waals surface area contributed by atoms with Crippen molar-refractivity contribution in [2.45, 2.75) is 31.4 Å². The molecule has 0 aliphatic carbocycles. The molecule has 2 heterocycles. The fourth-order valence-electron chi connectivity index (χ4n) is 3.53. The minimum absolute atomic E-state index is 0.0781. The second-order valence-corrected chi connectivity index (χ2v) is 7.12. The van der Waals surface area contributed by atoms with Crippen molar-refractivity contribution in [1.82, 2.24) is 20.0 Å². The van der Waals surface area contributed by atoms with E-state index in [-0.39, 0.29) is 24.4 Å². The molecule has 152 valence electrons. The van der Waals surface area contributed by atoms with Crippen molar-refractivity contribution < 1.29 is 19.0 Å². The number of carbonyl (C=O) groups excluding carboxylic acids is 1. The molecule has 1 aromatic carbocycles. The number of aromatic nitrogens is 2. The number of halogens is 1. The van der Waals surface area contributed by atoms with Crippen LogP contribution in [0.3, 0.4) is 0 Å². The third kappa shape index (κ3) is 5.77. The van der Waals surface area contributed by atoms with Gasteiger partial charge in [0.05, 0.1) is 25.4 Å². The highest BCUT2D eigenvalue weighted by Crippen LogP contribution is 2.26. The van der Waals surface area contributed by atoms with Gasteiger partial charge in [-0.25, -0.2) is 4.39 Å². The number of hydrogen-bond acceptors (Lipinski definition) is 5. The first-order valence-electron chi connectivity index (χ1n) is 9.57. The smallest absolute Gasteiger partial charge is 0.234 e. The highest BCUT2D eigenvalue weighted by atomic mass is 19.1. The van der Waals surface area contributed by atoms with Crippen LogP contribution in [-0.2, 0) is 11.8 Å². The van der Waals surface area contributed by atoms with Crippen LogP contribution < -0.4 is 10.1 Å². The number of aliphatic hydroxyl groups excluding tert-OH is 1. The van der Waals surface area contributed by atoms with Crippen LogP contribution in [0.4, 0.5) is 4.39 Å². The lowest BCUT2D eigenvalue weighted by Gasteiger charge is -2.25. The number of ether oxygens (including phenoxy) is 1. The maximum atomic E-state index is 13.1. The van der Waals surface area contributed by atoms with Crippen molar-refractivity contribution >= 4 is 5.91 Å². The number of amides is 1. The van der Waals surface area contributed by atoms with Crippen molar-refractivity contribution in [3.8, 4) is 5.75 Å². The van der Waals surface area contributed by atoms with Crippen molar-refractivity contribution in [2.24, 2.45) is 7.05 Å². The van der Waals surface area contributed by atoms with Crippen LogP contribution in [0.25, 0.3) is 0 Å². The molecule has 1 fully saturated rings. The molecule has 0 spiro atoms. The first-order chi connectivity index (χ1) is 13.5. The maximum absolute atomic E-state index is 13.1. The van der Waals surface area contributed by atoms with Gasteiger partial charge in [0.15, 0.2) is 0 Å². The molecule has 2 aromatic rings. The van der Waals surface area contributed by atoms with E-state index in [2.05, 4.69) is 15.3 Å². The SMILES string of the molecule is Cn1cc([C@H](O)C[C@@H]2CCCN2CC(=O)NCCOc2cccc(F)c2)cn1. The molecule has 0 saturated carbocycles. The van der Waals surface area contributed by atoms with E-state index in [9.17, 15) is 14.3 Å². The Morgan fingerprint density at radius 1 is 1.50 bits per heavy atom. The molecule has 3 rings (SSSR count). The number of aryl methyl sites for hydroxylation is 1. The zero-order valence-electron chi connectivity index (χ0n) is 16.1. The Hall–Kier alpha value is -2.45. The zero-order chi connectivity index (χ0) is 19.9. The predicted molar refractivity (Wildman–Crippen MR) is 102 cm³/mol. The minimum atomic E-state index is -0.581. The molecule has 8 heteroatoms. The normalized spacial score (nSPS) is 18.2. The number of likely N-dealkylation sites (tertiary alicyclic amines) is 1. The Balaban J connectivity index is 1.39. The van der Waals surface area contributed by atoms with E-state index in [4.69, 9.17) is 4.74 Å². The van der Waals surface area contributed by atoms with E-state index in [1.54, 1.807) is 23.0 Å². The average molecular weight is 390 g/mol. The van der Waals surface area contributed by atoms with Gasteiger partial charge in [-0.3, -0.25) is 14.4 Å². The Labute approximate surface area is 164 Å². The van der Waals surface area contributed by atoms with Crippen molar-refractivity contribution in [3.05, 3.63) is 48.0 Å². The minimum Gasteiger partial charge on any atom is -0.492 e. The summed E-state index contributed by atoms with van der Waals surface area (Å²) in [4.78, 5) is 14.3. The first kappa shape index (κ1) is 20.3. The molecule has 1 aliphatic rings. The second kappa shape index (κ2) is 9.66. The fraction of sp³-hybridized carbons (Fsp3) is 0.500. The van der Waals surface area contributed by atoms with E-state index < -0.39 is 6.10 Å². The molecule has 28 heavy (non-hydrogen) atoms. The van der Waals surface area contributed by atoms with E-state index in [1.807, 2.05) is 13.2 Å². The molecule has 7 nitrogen and oxygen atoms in total. The summed E-state index contributed by atoms with van der Waals surface area (Å²) in [6, 6.07) is 6.09. The van der Waals surface area contributed by atoms with Gasteiger partial charge in [0.25, 0.3) is 0 Å². The van der Waals surface area contributed by atoms with Crippen molar-refractivity contribution in [1.29, 1.82) is 0 Å². The van der Waals surface area contributed by atoms with Gasteiger partial charge in [0.1, 0.15) is 18.2 Å². The standard InChI is InChI=1S/C20H27FN4O3/c1-24-13-15(12-23-24)19(26)11-17-5-3-8-25(17)14-20(27)22-7-9-28-18-6-2-4-16(21)10-18/h2,4,6,10,12-13,17,19,26H,3,5,7-9,11,14H2,1H3,(H,22,27)/t17-,19+/m0/s1. The highest BCUT2D eigenvalue weighted by Gasteiger charge is 2.28. The maximum Gasteiger partial charge on any atom is 0.234 e. The van der Waals surface area contributed by atoms with E-state index >= 15 is 0 Å². The van der Waals surface area contributed by atoms with Gasteiger partial charge >= 0.3 is 0 Å². The third-order valence-electron chi connectivity index (χ3n) is 4.94. The van der Waals surface area contributed by atoms with Gasteiger partial charge in [-0.15, -0.1) is 0 Å². The summed E-state index contributed by atoms with van der Waals surface area (Å²) in [7, 11) is 1.82. The average Bonchev–Trinajstić information content (AvgIpc) is 3.28. The highest BCUT2D eigenvalue weighted by molar-refractivity contribution is 5.78. The molecular weight excluding hydrogens is 363 g/mol. The summed E-state index contributed by atoms with van der Waals surface area (Å²) >= 11 is 0. The number of rotatable bonds is 9. The quantitative estimate of drug-likeness (QED) is 0.637. The predicted octanol–water partition coefficient (Wildman–Crippen LogP) is 1.64. The van der Waals surface area contributed by atoms with Gasteiger partial charge in [-0.1, -0.05) is 6.07 Å². The van der Waals surface area contributed by atoms with Gasteiger partial charge in [-0.2, -0.15) is 5.10 Å². The van der Waals surface area contributed by atoms with Gasteiger partial charge < -0.3 is 15.2 Å². The Morgan fingerprint density at radius 3 is 3.11 bits per heavy atom. The number of carbonyl (C=O) groups is 1. The Bertz CT molecular complexity index is 782. The largest absolute Gasteiger partial charge is 0.492 e. The summed E-state index contributed by atoms with van der Waals surface area (Å²) in [5.74, 6) is 0.0129. The number of nitrogens with zero attached hydrogens (tertiary/aromatic N) is 3. The summed E-state index contributed by atoms with van der Waals surface area (Å²) in [6.45, 7) is 1.77. The molecule has 1 aliphatic heterocycles. The lowest BCUT2D eigenvalue weighted by Crippen LogP contribution is -2.41. The number of benzene rings is 1. The molecule has 1 saturated heterocycles. The van der Waals surface area contributed by atoms with Crippen LogP contribution in [0.15, 0.2) is 36.7 Å². The second-order valence-electron chi connectivity index (χ2n) is 7.12. The molecule has 2 atom stereocenters. The lowest BCUT2D eigenvalue weighted by atomic mass is 10.0. The van der Waals surface area contributed by atoms with E-state index in [0.29, 0.717) is 25.3 Å². The zero-order valence-corrected chi connectivity index (χ0v) is 16.1. The number of aliphatic hydroxyl groups is 1. The van der Waals surface area contributed by atoms with Crippen LogP contribution in [-0.4, -0.2) is 58.0 Å². The van der Waals surface area contributed by atoms with E-state index in [1.165, 1.54) is 12.1 Å². The Morgan fingerprint density at radius 2 is 2.36 bits per heavy atom. The van der Waals surface area contributed by atoms with Crippen LogP contribution >= 0.6 is 0 Å². The van der Waals surface area contributed by atoms with Crippen LogP contribution in [0.2, 0.25) is 0 Å². The molecule has 1 aromatic heterocycles. The van der Waals surface area contributed by atoms with Gasteiger partial charge in [-0.05, 0) is 37.9 Å². The monoisotopic (exact) mass is 390 g/mol. The van der Waals surface area contributed by atoms with Crippen LogP contribution in [0.5, 0.6) is 5.75 Å². The van der Waals surface area contributed by atoms with Crippen LogP contribution in [0, 0.1) is 5.82 Å². The van der Waals surface area contributed by atoms with E-state index in [0.717, 1.165) is 24.9 Å². The van der Waals surface area contributed by atoms with Gasteiger partial charge in [0.2, 0.25) is 5.91 Å². The lowest BCUT2D eigenvalue weighted by molar-refractivity contribution is -0.122. The Kier molecular flexibility index (Phi) is 7.00. The molecule has 1 amide bonds. The number of nitrogens with one attached hydrogen (secondary N) is 1. The van der Waals surface area contributed by atoms with Crippen molar-refractivity contribution in [2.75, 3.05) is 26.2 Å². The molecule has 0 unspecified atom stereocenters. The van der Waals surface area contributed by atoms with Crippen molar-refractivity contribution in [3.63, 3.8) is 0 Å². The molecule has 0 bridgehead atoms. The molecule has 2 N–H and O–H groups in total. The topological polar surface area (TPSA) is 79.6 Å². The third-order valence-corrected chi connectivity index (χ3v) is 4.94. The number of hydrogen-bond donors (Lipinski definition) is 2. The first-order valence-corrected chi connectivity index (χ1v) is 9.57. The molecule has 0 radical (unpaired) electrons. The summed E-state index contributed by atoms with van der Waals surface area (Å²) in [6.07, 6.45) is 5.47. The summed E-state index contributed by atoms with van der Waals surface area (Å²) in [5, 5.41) is 17.3. The molecular formula is C20H27FN4O3. The van der Waals surface area contributed by atoms with Gasteiger partial charge in [0, 0.05) is 30.9 Å². The summed E-state index contributed by atoms with van der Waals surface area (Å²) < 4.78 is 20.2. The van der Waals surface area contributed by atoms with Crippen LogP contribution in [0.1, 0.15) is 30.9 Å².